The maximum atomic E-state index is 14.8. The standard InChI is InChI=1S/C25H21FN4O3S/c1-2-32-25(31)22-20(13-34-24-15(11-27)10-14-6-5-9-19(14)30-24)33-23(29)17(12-28)21(22)16-7-3-4-8-18(16)26/h3-4,7-8,10,21H,2,5-6,9,13,29H2,1H3/t21-/m0/s1. The van der Waals surface area contributed by atoms with Gasteiger partial charge in [-0.2, -0.15) is 10.5 Å². The van der Waals surface area contributed by atoms with Crippen LogP contribution in [0, 0.1) is 28.5 Å². The van der Waals surface area contributed by atoms with Gasteiger partial charge in [-0.3, -0.25) is 0 Å². The maximum absolute atomic E-state index is 14.8. The van der Waals surface area contributed by atoms with Crippen molar-refractivity contribution in [3.05, 3.63) is 81.3 Å². The number of hydrogen-bond acceptors (Lipinski definition) is 8. The number of nitrogens with zero attached hydrogens (tertiary/aromatic N) is 3. The van der Waals surface area contributed by atoms with Crippen molar-refractivity contribution >= 4 is 17.7 Å². The SMILES string of the molecule is CCOC(=O)C1=C(CSc2nc3c(cc2C#N)CCC3)OC(N)=C(C#N)[C@@H]1c1ccccc1F. The Bertz CT molecular complexity index is 1310. The molecular formula is C25H21FN4O3S. The van der Waals surface area contributed by atoms with Gasteiger partial charge in [0, 0.05) is 11.3 Å². The van der Waals surface area contributed by atoms with E-state index in [1.165, 1.54) is 30.0 Å². The second kappa shape index (κ2) is 9.98. The fourth-order valence-electron chi connectivity index (χ4n) is 4.15. The number of aryl methyl sites for hydroxylation is 2. The summed E-state index contributed by atoms with van der Waals surface area (Å²) in [6, 6.07) is 11.9. The summed E-state index contributed by atoms with van der Waals surface area (Å²) in [4.78, 5) is 17.7. The Balaban J connectivity index is 1.78. The highest BCUT2D eigenvalue weighted by Gasteiger charge is 2.39. The minimum absolute atomic E-state index is 0.00451. The van der Waals surface area contributed by atoms with Crippen molar-refractivity contribution in [2.75, 3.05) is 12.4 Å². The first-order chi connectivity index (χ1) is 16.5. The molecule has 1 atom stereocenters. The van der Waals surface area contributed by atoms with Gasteiger partial charge in [-0.1, -0.05) is 30.0 Å². The fraction of sp³-hybridized carbons (Fsp3) is 0.280. The zero-order valence-electron chi connectivity index (χ0n) is 18.4. The van der Waals surface area contributed by atoms with E-state index in [1.54, 1.807) is 13.0 Å². The Morgan fingerprint density at radius 3 is 2.82 bits per heavy atom. The Kier molecular flexibility index (Phi) is 6.85. The minimum Gasteiger partial charge on any atom is -0.463 e. The number of nitriles is 2. The molecule has 2 N–H and O–H groups in total. The Labute approximate surface area is 200 Å². The fourth-order valence-corrected chi connectivity index (χ4v) is 5.07. The molecule has 4 rings (SSSR count). The largest absolute Gasteiger partial charge is 0.463 e. The van der Waals surface area contributed by atoms with Crippen LogP contribution in [0.5, 0.6) is 0 Å². The lowest BCUT2D eigenvalue weighted by molar-refractivity contribution is -0.139. The van der Waals surface area contributed by atoms with E-state index in [2.05, 4.69) is 11.1 Å². The predicted molar refractivity (Wildman–Crippen MR) is 122 cm³/mol. The molecule has 1 aromatic carbocycles. The number of esters is 1. The third-order valence-electron chi connectivity index (χ3n) is 5.68. The number of hydrogen-bond donors (Lipinski definition) is 1. The van der Waals surface area contributed by atoms with Crippen LogP contribution in [-0.2, 0) is 27.1 Å². The lowest BCUT2D eigenvalue weighted by atomic mass is 9.83. The molecule has 0 amide bonds. The summed E-state index contributed by atoms with van der Waals surface area (Å²) in [5, 5.41) is 19.9. The number of ether oxygens (including phenoxy) is 2. The van der Waals surface area contributed by atoms with E-state index in [-0.39, 0.29) is 40.7 Å². The van der Waals surface area contributed by atoms with Gasteiger partial charge in [0.05, 0.1) is 29.4 Å². The number of pyridine rings is 1. The maximum Gasteiger partial charge on any atom is 0.338 e. The number of benzene rings is 1. The van der Waals surface area contributed by atoms with Crippen molar-refractivity contribution in [3.63, 3.8) is 0 Å². The molecule has 7 nitrogen and oxygen atoms in total. The van der Waals surface area contributed by atoms with Crippen LogP contribution in [-0.4, -0.2) is 23.3 Å². The van der Waals surface area contributed by atoms with E-state index in [0.717, 1.165) is 30.5 Å². The molecule has 0 saturated carbocycles. The van der Waals surface area contributed by atoms with E-state index < -0.39 is 17.7 Å². The van der Waals surface area contributed by atoms with Crippen molar-refractivity contribution in [1.82, 2.24) is 4.98 Å². The van der Waals surface area contributed by atoms with Crippen molar-refractivity contribution < 1.29 is 18.7 Å². The van der Waals surface area contributed by atoms with Crippen LogP contribution in [0.4, 0.5) is 4.39 Å². The topological polar surface area (TPSA) is 122 Å². The molecule has 0 fully saturated rings. The highest BCUT2D eigenvalue weighted by Crippen LogP contribution is 2.42. The Hall–Kier alpha value is -3.82. The zero-order valence-corrected chi connectivity index (χ0v) is 19.2. The molecular weight excluding hydrogens is 455 g/mol. The summed E-state index contributed by atoms with van der Waals surface area (Å²) < 4.78 is 25.7. The molecule has 172 valence electrons. The van der Waals surface area contributed by atoms with Gasteiger partial charge in [-0.15, -0.1) is 0 Å². The van der Waals surface area contributed by atoms with E-state index >= 15 is 0 Å². The molecule has 2 aliphatic rings. The highest BCUT2D eigenvalue weighted by atomic mass is 32.2. The average Bonchev–Trinajstić information content (AvgIpc) is 3.29. The van der Waals surface area contributed by atoms with E-state index in [4.69, 9.17) is 15.2 Å². The zero-order chi connectivity index (χ0) is 24.2. The van der Waals surface area contributed by atoms with Crippen LogP contribution >= 0.6 is 11.8 Å². The van der Waals surface area contributed by atoms with Crippen molar-refractivity contribution in [1.29, 1.82) is 10.5 Å². The number of nitrogens with two attached hydrogens (primary N) is 1. The van der Waals surface area contributed by atoms with Gasteiger partial charge in [0.15, 0.2) is 0 Å². The summed E-state index contributed by atoms with van der Waals surface area (Å²) >= 11 is 1.22. The van der Waals surface area contributed by atoms with Gasteiger partial charge in [-0.25, -0.2) is 14.2 Å². The quantitative estimate of drug-likeness (QED) is 0.490. The summed E-state index contributed by atoms with van der Waals surface area (Å²) in [5.74, 6) is -2.39. The van der Waals surface area contributed by atoms with Crippen molar-refractivity contribution in [2.45, 2.75) is 37.1 Å². The molecule has 0 radical (unpaired) electrons. The van der Waals surface area contributed by atoms with Crippen LogP contribution in [0.2, 0.25) is 0 Å². The second-order valence-electron chi connectivity index (χ2n) is 7.70. The molecule has 1 aromatic heterocycles. The van der Waals surface area contributed by atoms with E-state index in [0.29, 0.717) is 10.6 Å². The van der Waals surface area contributed by atoms with Gasteiger partial charge in [0.2, 0.25) is 5.88 Å². The predicted octanol–water partition coefficient (Wildman–Crippen LogP) is 4.00. The first-order valence-electron chi connectivity index (χ1n) is 10.8. The monoisotopic (exact) mass is 476 g/mol. The average molecular weight is 477 g/mol. The molecule has 9 heteroatoms. The Morgan fingerprint density at radius 2 is 2.12 bits per heavy atom. The highest BCUT2D eigenvalue weighted by molar-refractivity contribution is 7.99. The third kappa shape index (κ3) is 4.35. The van der Waals surface area contributed by atoms with Crippen LogP contribution in [0.15, 0.2) is 58.1 Å². The number of thioether (sulfide) groups is 1. The molecule has 0 saturated heterocycles. The third-order valence-corrected chi connectivity index (χ3v) is 6.68. The van der Waals surface area contributed by atoms with Gasteiger partial charge >= 0.3 is 5.97 Å². The van der Waals surface area contributed by atoms with Gasteiger partial charge in [0.25, 0.3) is 0 Å². The Morgan fingerprint density at radius 1 is 1.32 bits per heavy atom. The van der Waals surface area contributed by atoms with Gasteiger partial charge in [0.1, 0.15) is 34.3 Å². The number of carbonyl (C=O) groups is 1. The number of allylic oxidation sites excluding steroid dienone is 1. The van der Waals surface area contributed by atoms with Crippen molar-refractivity contribution in [3.8, 4) is 12.1 Å². The lowest BCUT2D eigenvalue weighted by Crippen LogP contribution is -2.27. The number of rotatable bonds is 6. The molecule has 34 heavy (non-hydrogen) atoms. The van der Waals surface area contributed by atoms with Gasteiger partial charge < -0.3 is 15.2 Å². The van der Waals surface area contributed by atoms with Gasteiger partial charge in [-0.05, 0) is 43.9 Å². The first-order valence-corrected chi connectivity index (χ1v) is 11.7. The summed E-state index contributed by atoms with van der Waals surface area (Å²) in [7, 11) is 0. The van der Waals surface area contributed by atoms with Crippen molar-refractivity contribution in [2.24, 2.45) is 5.73 Å². The van der Waals surface area contributed by atoms with Crippen LogP contribution < -0.4 is 5.73 Å². The summed E-state index contributed by atoms with van der Waals surface area (Å²) in [6.07, 6.45) is 2.73. The summed E-state index contributed by atoms with van der Waals surface area (Å²) in [5.41, 5.74) is 8.56. The van der Waals surface area contributed by atoms with E-state index in [1.807, 2.05) is 12.1 Å². The number of aromatic nitrogens is 1. The molecule has 0 spiro atoms. The number of halogens is 1. The molecule has 0 bridgehead atoms. The molecule has 1 aliphatic carbocycles. The normalized spacial score (nSPS) is 17.0. The molecule has 1 aliphatic heterocycles. The molecule has 0 unspecified atom stereocenters. The van der Waals surface area contributed by atoms with Crippen LogP contribution in [0.3, 0.4) is 0 Å². The number of fused-ring (bicyclic) bond motifs is 1. The van der Waals surface area contributed by atoms with Crippen LogP contribution in [0.25, 0.3) is 0 Å². The molecule has 2 heterocycles. The summed E-state index contributed by atoms with van der Waals surface area (Å²) in [6.45, 7) is 1.73. The first kappa shape index (κ1) is 23.3. The van der Waals surface area contributed by atoms with Crippen LogP contribution in [0.1, 0.15) is 41.6 Å². The smallest absolute Gasteiger partial charge is 0.338 e. The second-order valence-corrected chi connectivity index (χ2v) is 8.67. The molecule has 2 aromatic rings. The van der Waals surface area contributed by atoms with E-state index in [9.17, 15) is 19.7 Å². The lowest BCUT2D eigenvalue weighted by Gasteiger charge is -2.28. The number of carbonyl (C=O) groups excluding carboxylic acids is 1. The minimum atomic E-state index is -1.09.